The van der Waals surface area contributed by atoms with Crippen LogP contribution in [0.2, 0.25) is 5.02 Å². The number of fused-ring (bicyclic) bond motifs is 3. The smallest absolute Gasteiger partial charge is 0.275 e. The van der Waals surface area contributed by atoms with E-state index in [0.717, 1.165) is 42.1 Å². The van der Waals surface area contributed by atoms with E-state index in [4.69, 9.17) is 11.6 Å². The highest BCUT2D eigenvalue weighted by Crippen LogP contribution is 2.38. The lowest BCUT2D eigenvalue weighted by Crippen LogP contribution is -2.65. The number of aromatic nitrogens is 1. The van der Waals surface area contributed by atoms with E-state index >= 15 is 0 Å². The SMILES string of the molecule is Cc1ccc(Cl)cc1N1C(=O)c2cc3ccccc3n2CC1(C)C(=O)NC1CCCCC1. The van der Waals surface area contributed by atoms with Gasteiger partial charge in [0.25, 0.3) is 5.91 Å². The first-order chi connectivity index (χ1) is 15.4. The summed E-state index contributed by atoms with van der Waals surface area (Å²) in [6.45, 7) is 4.20. The number of hydrogen-bond donors (Lipinski definition) is 1. The second-order valence-electron chi connectivity index (χ2n) is 9.33. The van der Waals surface area contributed by atoms with E-state index in [2.05, 4.69) is 5.32 Å². The van der Waals surface area contributed by atoms with Crippen LogP contribution < -0.4 is 10.2 Å². The van der Waals surface area contributed by atoms with Gasteiger partial charge in [0.05, 0.1) is 6.54 Å². The standard InChI is InChI=1S/C26H28ClN3O2/c1-17-12-13-19(27)15-22(17)30-24(31)23-14-18-8-6-7-11-21(18)29(23)16-26(30,2)25(32)28-20-9-4-3-5-10-20/h6-8,11-15,20H,3-5,9-10,16H2,1-2H3,(H,28,32). The van der Waals surface area contributed by atoms with Crippen molar-refractivity contribution in [2.24, 2.45) is 0 Å². The van der Waals surface area contributed by atoms with Crippen molar-refractivity contribution in [3.8, 4) is 0 Å². The normalized spacial score (nSPS) is 21.6. The van der Waals surface area contributed by atoms with Gasteiger partial charge in [-0.25, -0.2) is 0 Å². The van der Waals surface area contributed by atoms with Gasteiger partial charge in [0.15, 0.2) is 0 Å². The van der Waals surface area contributed by atoms with Crippen LogP contribution in [0.15, 0.2) is 48.5 Å². The molecule has 166 valence electrons. The van der Waals surface area contributed by atoms with Crippen molar-refractivity contribution in [2.75, 3.05) is 4.90 Å². The molecule has 1 saturated carbocycles. The van der Waals surface area contributed by atoms with Crippen LogP contribution in [0.25, 0.3) is 10.9 Å². The lowest BCUT2D eigenvalue weighted by Gasteiger charge is -2.45. The summed E-state index contributed by atoms with van der Waals surface area (Å²) in [6, 6.07) is 15.5. The molecule has 2 aliphatic rings. The third-order valence-corrected chi connectivity index (χ3v) is 7.27. The van der Waals surface area contributed by atoms with Crippen LogP contribution in [-0.2, 0) is 11.3 Å². The maximum Gasteiger partial charge on any atom is 0.275 e. The number of carbonyl (C=O) groups is 2. The molecule has 2 heterocycles. The van der Waals surface area contributed by atoms with Gasteiger partial charge in [-0.2, -0.15) is 0 Å². The molecule has 2 amide bonds. The molecule has 5 rings (SSSR count). The van der Waals surface area contributed by atoms with Gasteiger partial charge in [-0.1, -0.05) is 55.1 Å². The Morgan fingerprint density at radius 1 is 1.09 bits per heavy atom. The predicted molar refractivity (Wildman–Crippen MR) is 128 cm³/mol. The topological polar surface area (TPSA) is 54.3 Å². The maximum absolute atomic E-state index is 13.9. The van der Waals surface area contributed by atoms with Crippen LogP contribution in [0.1, 0.15) is 55.1 Å². The number of nitrogens with zero attached hydrogens (tertiary/aromatic N) is 2. The Labute approximate surface area is 193 Å². The maximum atomic E-state index is 13.9. The number of amides is 2. The molecular formula is C26H28ClN3O2. The average molecular weight is 450 g/mol. The van der Waals surface area contributed by atoms with Gasteiger partial charge in [-0.15, -0.1) is 0 Å². The first-order valence-electron chi connectivity index (χ1n) is 11.4. The fourth-order valence-electron chi connectivity index (χ4n) is 5.24. The molecule has 1 aromatic heterocycles. The molecule has 0 radical (unpaired) electrons. The Hall–Kier alpha value is -2.79. The summed E-state index contributed by atoms with van der Waals surface area (Å²) in [5, 5.41) is 4.81. The van der Waals surface area contributed by atoms with E-state index in [1.54, 1.807) is 11.0 Å². The van der Waals surface area contributed by atoms with E-state index in [1.165, 1.54) is 6.42 Å². The molecule has 0 bridgehead atoms. The Bertz CT molecular complexity index is 1210. The van der Waals surface area contributed by atoms with Gasteiger partial charge >= 0.3 is 0 Å². The molecular weight excluding hydrogens is 422 g/mol. The van der Waals surface area contributed by atoms with Crippen LogP contribution in [0.3, 0.4) is 0 Å². The lowest BCUT2D eigenvalue weighted by molar-refractivity contribution is -0.127. The number of benzene rings is 2. The van der Waals surface area contributed by atoms with Gasteiger partial charge in [-0.05, 0) is 56.5 Å². The molecule has 0 spiro atoms. The molecule has 6 heteroatoms. The summed E-state index contributed by atoms with van der Waals surface area (Å²) in [5.74, 6) is -0.292. The molecule has 1 unspecified atom stereocenters. The minimum absolute atomic E-state index is 0.111. The van der Waals surface area contributed by atoms with Crippen LogP contribution in [0.4, 0.5) is 5.69 Å². The fraction of sp³-hybridized carbons (Fsp3) is 0.385. The number of aryl methyl sites for hydroxylation is 1. The lowest BCUT2D eigenvalue weighted by atomic mass is 9.90. The molecule has 1 aliphatic carbocycles. The Balaban J connectivity index is 1.64. The van der Waals surface area contributed by atoms with Crippen molar-refractivity contribution < 1.29 is 9.59 Å². The molecule has 1 N–H and O–H groups in total. The monoisotopic (exact) mass is 449 g/mol. The van der Waals surface area contributed by atoms with Crippen LogP contribution >= 0.6 is 11.6 Å². The van der Waals surface area contributed by atoms with E-state index < -0.39 is 5.54 Å². The van der Waals surface area contributed by atoms with E-state index in [9.17, 15) is 9.59 Å². The van der Waals surface area contributed by atoms with Crippen LogP contribution in [0.5, 0.6) is 0 Å². The molecule has 3 aromatic rings. The third-order valence-electron chi connectivity index (χ3n) is 7.03. The van der Waals surface area contributed by atoms with Crippen molar-refractivity contribution in [1.29, 1.82) is 0 Å². The van der Waals surface area contributed by atoms with Crippen molar-refractivity contribution >= 4 is 40.0 Å². The molecule has 2 aromatic carbocycles. The van der Waals surface area contributed by atoms with Crippen molar-refractivity contribution in [3.63, 3.8) is 0 Å². The molecule has 5 nitrogen and oxygen atoms in total. The minimum Gasteiger partial charge on any atom is -0.351 e. The zero-order valence-electron chi connectivity index (χ0n) is 18.5. The number of carbonyl (C=O) groups excluding carboxylic acids is 2. The van der Waals surface area contributed by atoms with Gasteiger partial charge in [0.2, 0.25) is 5.91 Å². The van der Waals surface area contributed by atoms with Crippen LogP contribution in [-0.4, -0.2) is 28.0 Å². The highest BCUT2D eigenvalue weighted by atomic mass is 35.5. The largest absolute Gasteiger partial charge is 0.351 e. The molecule has 0 saturated heterocycles. The molecule has 1 atom stereocenters. The number of nitrogens with one attached hydrogen (secondary N) is 1. The fourth-order valence-corrected chi connectivity index (χ4v) is 5.40. The second-order valence-corrected chi connectivity index (χ2v) is 9.76. The minimum atomic E-state index is -1.08. The van der Waals surface area contributed by atoms with Crippen molar-refractivity contribution in [2.45, 2.75) is 64.1 Å². The van der Waals surface area contributed by atoms with Crippen LogP contribution in [0, 0.1) is 6.92 Å². The summed E-state index contributed by atoms with van der Waals surface area (Å²) in [5.41, 5.74) is 2.06. The second kappa shape index (κ2) is 7.96. The average Bonchev–Trinajstić information content (AvgIpc) is 3.15. The van der Waals surface area contributed by atoms with Gasteiger partial charge in [0.1, 0.15) is 11.2 Å². The van der Waals surface area contributed by atoms with E-state index in [0.29, 0.717) is 22.9 Å². The Morgan fingerprint density at radius 2 is 1.84 bits per heavy atom. The number of para-hydroxylation sites is 1. The highest BCUT2D eigenvalue weighted by Gasteiger charge is 2.49. The number of hydrogen-bond acceptors (Lipinski definition) is 2. The first-order valence-corrected chi connectivity index (χ1v) is 11.8. The third kappa shape index (κ3) is 3.39. The highest BCUT2D eigenvalue weighted by molar-refractivity contribution is 6.31. The van der Waals surface area contributed by atoms with Gasteiger partial charge in [-0.3, -0.25) is 14.5 Å². The number of anilines is 1. The predicted octanol–water partition coefficient (Wildman–Crippen LogP) is 5.47. The summed E-state index contributed by atoms with van der Waals surface area (Å²) >= 11 is 6.33. The molecule has 1 aliphatic heterocycles. The Morgan fingerprint density at radius 3 is 2.62 bits per heavy atom. The van der Waals surface area contributed by atoms with Gasteiger partial charge in [0, 0.05) is 27.7 Å². The Kier molecular flexibility index (Phi) is 5.25. The van der Waals surface area contributed by atoms with E-state index in [-0.39, 0.29) is 17.9 Å². The van der Waals surface area contributed by atoms with Gasteiger partial charge < -0.3 is 9.88 Å². The van der Waals surface area contributed by atoms with Crippen molar-refractivity contribution in [1.82, 2.24) is 9.88 Å². The van der Waals surface area contributed by atoms with E-state index in [1.807, 2.05) is 60.9 Å². The molecule has 32 heavy (non-hydrogen) atoms. The zero-order chi connectivity index (χ0) is 22.5. The number of rotatable bonds is 3. The summed E-state index contributed by atoms with van der Waals surface area (Å²) < 4.78 is 1.99. The zero-order valence-corrected chi connectivity index (χ0v) is 19.3. The first kappa shape index (κ1) is 21.1. The summed E-state index contributed by atoms with van der Waals surface area (Å²) in [4.78, 5) is 29.4. The van der Waals surface area contributed by atoms with Crippen molar-refractivity contribution in [3.05, 3.63) is 64.8 Å². The summed E-state index contributed by atoms with van der Waals surface area (Å²) in [6.07, 6.45) is 5.45. The summed E-state index contributed by atoms with van der Waals surface area (Å²) in [7, 11) is 0. The quantitative estimate of drug-likeness (QED) is 0.576. The number of halogens is 1. The molecule has 1 fully saturated rings.